The van der Waals surface area contributed by atoms with E-state index in [1.54, 1.807) is 30.3 Å². The van der Waals surface area contributed by atoms with Crippen LogP contribution >= 0.6 is 35.3 Å². The molecule has 1 saturated heterocycles. The molecule has 10 heteroatoms. The number of benzene rings is 1. The standard InChI is InChI=1S/C20H19N3O4S3/c1-12-11-29-19(21-12)22-16(24)4-3-9-23-17(25)15(30-20(23)28)10-13-5-7-14(8-6-13)18(26)27-2/h5-8,10-11H,3-4,9H2,1-2H3,(H,21,22,24)/b15-10-. The molecule has 0 saturated carbocycles. The number of anilines is 1. The van der Waals surface area contributed by atoms with Gasteiger partial charge in [0.15, 0.2) is 5.13 Å². The van der Waals surface area contributed by atoms with Crippen LogP contribution < -0.4 is 5.32 Å². The second-order valence-electron chi connectivity index (χ2n) is 6.39. The molecule has 1 aromatic heterocycles. The summed E-state index contributed by atoms with van der Waals surface area (Å²) in [6, 6.07) is 6.76. The van der Waals surface area contributed by atoms with Crippen LogP contribution in [0.25, 0.3) is 6.08 Å². The number of carbonyl (C=O) groups is 3. The predicted molar refractivity (Wildman–Crippen MR) is 122 cm³/mol. The average molecular weight is 462 g/mol. The molecule has 0 aliphatic carbocycles. The maximum absolute atomic E-state index is 12.7. The van der Waals surface area contributed by atoms with Crippen molar-refractivity contribution >= 4 is 68.6 Å². The van der Waals surface area contributed by atoms with Gasteiger partial charge in [0, 0.05) is 18.3 Å². The molecular formula is C20H19N3O4S3. The van der Waals surface area contributed by atoms with Gasteiger partial charge in [-0.2, -0.15) is 0 Å². The van der Waals surface area contributed by atoms with Crippen LogP contribution in [-0.4, -0.2) is 45.6 Å². The van der Waals surface area contributed by atoms with Crippen molar-refractivity contribution in [3.63, 3.8) is 0 Å². The summed E-state index contributed by atoms with van der Waals surface area (Å²) < 4.78 is 5.14. The highest BCUT2D eigenvalue weighted by atomic mass is 32.2. The van der Waals surface area contributed by atoms with Crippen LogP contribution in [0.1, 0.15) is 34.5 Å². The van der Waals surface area contributed by atoms with Crippen molar-refractivity contribution in [2.24, 2.45) is 0 Å². The van der Waals surface area contributed by atoms with Crippen molar-refractivity contribution in [3.05, 3.63) is 51.4 Å². The third-order valence-corrected chi connectivity index (χ3v) is 6.41. The van der Waals surface area contributed by atoms with Crippen molar-refractivity contribution in [3.8, 4) is 0 Å². The van der Waals surface area contributed by atoms with Crippen LogP contribution in [-0.2, 0) is 14.3 Å². The fourth-order valence-corrected chi connectivity index (χ4v) is 4.68. The van der Waals surface area contributed by atoms with Gasteiger partial charge in [0.05, 0.1) is 23.3 Å². The van der Waals surface area contributed by atoms with Crippen LogP contribution in [0, 0.1) is 6.92 Å². The molecule has 30 heavy (non-hydrogen) atoms. The fourth-order valence-electron chi connectivity index (χ4n) is 2.67. The number of nitrogens with zero attached hydrogens (tertiary/aromatic N) is 2. The summed E-state index contributed by atoms with van der Waals surface area (Å²) >= 11 is 7.93. The van der Waals surface area contributed by atoms with Crippen LogP contribution in [0.2, 0.25) is 0 Å². The Kier molecular flexibility index (Phi) is 7.35. The van der Waals surface area contributed by atoms with E-state index in [1.165, 1.54) is 35.1 Å². The van der Waals surface area contributed by atoms with Gasteiger partial charge in [0.2, 0.25) is 5.91 Å². The van der Waals surface area contributed by atoms with E-state index in [1.807, 2.05) is 12.3 Å². The molecule has 1 aliphatic rings. The third kappa shape index (κ3) is 5.53. The lowest BCUT2D eigenvalue weighted by Crippen LogP contribution is -2.29. The SMILES string of the molecule is COC(=O)c1ccc(/C=C2\SC(=S)N(CCCC(=O)Nc3nc(C)cs3)C2=O)cc1. The summed E-state index contributed by atoms with van der Waals surface area (Å²) in [5.41, 5.74) is 2.08. The Morgan fingerprint density at radius 1 is 1.30 bits per heavy atom. The number of esters is 1. The molecule has 1 N–H and O–H groups in total. The predicted octanol–water partition coefficient (Wildman–Crippen LogP) is 3.86. The number of methoxy groups -OCH3 is 1. The summed E-state index contributed by atoms with van der Waals surface area (Å²) in [7, 11) is 1.32. The number of ether oxygens (including phenoxy) is 1. The molecule has 1 aromatic carbocycles. The number of thiazole rings is 1. The van der Waals surface area contributed by atoms with Crippen molar-refractivity contribution < 1.29 is 19.1 Å². The topological polar surface area (TPSA) is 88.6 Å². The number of amides is 2. The molecule has 0 atom stereocenters. The number of nitrogens with one attached hydrogen (secondary N) is 1. The Labute approximate surface area is 187 Å². The quantitative estimate of drug-likeness (QED) is 0.380. The Balaban J connectivity index is 1.54. The first kappa shape index (κ1) is 22.1. The van der Waals surface area contributed by atoms with Gasteiger partial charge in [-0.25, -0.2) is 9.78 Å². The maximum Gasteiger partial charge on any atom is 0.337 e. The van der Waals surface area contributed by atoms with Gasteiger partial charge >= 0.3 is 5.97 Å². The molecule has 2 heterocycles. The van der Waals surface area contributed by atoms with Crippen LogP contribution in [0.15, 0.2) is 34.6 Å². The highest BCUT2D eigenvalue weighted by Gasteiger charge is 2.31. The van der Waals surface area contributed by atoms with Gasteiger partial charge in [-0.05, 0) is 37.1 Å². The van der Waals surface area contributed by atoms with Crippen molar-refractivity contribution in [2.45, 2.75) is 19.8 Å². The van der Waals surface area contributed by atoms with Crippen LogP contribution in [0.5, 0.6) is 0 Å². The Bertz CT molecular complexity index is 1010. The van der Waals surface area contributed by atoms with E-state index in [0.29, 0.717) is 32.9 Å². The minimum atomic E-state index is -0.415. The van der Waals surface area contributed by atoms with Gasteiger partial charge in [-0.3, -0.25) is 14.5 Å². The number of thioether (sulfide) groups is 1. The number of rotatable bonds is 7. The highest BCUT2D eigenvalue weighted by molar-refractivity contribution is 8.26. The zero-order valence-corrected chi connectivity index (χ0v) is 18.8. The van der Waals surface area contributed by atoms with Crippen molar-refractivity contribution in [1.29, 1.82) is 0 Å². The summed E-state index contributed by atoms with van der Waals surface area (Å²) in [5, 5.41) is 5.19. The summed E-state index contributed by atoms with van der Waals surface area (Å²) in [4.78, 5) is 42.4. The second-order valence-corrected chi connectivity index (χ2v) is 8.93. The van der Waals surface area contributed by atoms with E-state index in [-0.39, 0.29) is 18.2 Å². The number of hydrogen-bond donors (Lipinski definition) is 1. The first-order chi connectivity index (χ1) is 14.4. The highest BCUT2D eigenvalue weighted by Crippen LogP contribution is 2.32. The van der Waals surface area contributed by atoms with Gasteiger partial charge in [0.25, 0.3) is 5.91 Å². The molecule has 2 amide bonds. The monoisotopic (exact) mass is 461 g/mol. The van der Waals surface area contributed by atoms with Crippen molar-refractivity contribution in [1.82, 2.24) is 9.88 Å². The molecule has 1 fully saturated rings. The lowest BCUT2D eigenvalue weighted by Gasteiger charge is -2.13. The van der Waals surface area contributed by atoms with Crippen LogP contribution in [0.3, 0.4) is 0 Å². The Morgan fingerprint density at radius 2 is 2.03 bits per heavy atom. The van der Waals surface area contributed by atoms with E-state index < -0.39 is 5.97 Å². The number of carbonyl (C=O) groups excluding carboxylic acids is 3. The average Bonchev–Trinajstić information content (AvgIpc) is 3.25. The van der Waals surface area contributed by atoms with Gasteiger partial charge in [0.1, 0.15) is 4.32 Å². The Hall–Kier alpha value is -2.56. The van der Waals surface area contributed by atoms with E-state index >= 15 is 0 Å². The normalized spacial score (nSPS) is 15.0. The van der Waals surface area contributed by atoms with E-state index in [2.05, 4.69) is 15.0 Å². The van der Waals surface area contributed by atoms with E-state index in [0.717, 1.165) is 11.3 Å². The Morgan fingerprint density at radius 3 is 2.67 bits per heavy atom. The molecular weight excluding hydrogens is 442 g/mol. The molecule has 0 unspecified atom stereocenters. The molecule has 3 rings (SSSR count). The molecule has 1 aliphatic heterocycles. The zero-order valence-electron chi connectivity index (χ0n) is 16.3. The fraction of sp³-hybridized carbons (Fsp3) is 0.250. The number of aryl methyl sites for hydroxylation is 1. The minimum absolute atomic E-state index is 0.143. The molecule has 7 nitrogen and oxygen atoms in total. The molecule has 0 bridgehead atoms. The third-order valence-electron chi connectivity index (χ3n) is 4.15. The van der Waals surface area contributed by atoms with Gasteiger partial charge in [-0.1, -0.05) is 36.1 Å². The summed E-state index contributed by atoms with van der Waals surface area (Å²) in [6.07, 6.45) is 2.49. The zero-order chi connectivity index (χ0) is 21.7. The van der Waals surface area contributed by atoms with Crippen LogP contribution in [0.4, 0.5) is 5.13 Å². The lowest BCUT2D eigenvalue weighted by molar-refractivity contribution is -0.122. The first-order valence-electron chi connectivity index (χ1n) is 9.03. The lowest BCUT2D eigenvalue weighted by atomic mass is 10.1. The molecule has 0 radical (unpaired) electrons. The van der Waals surface area contributed by atoms with E-state index in [4.69, 9.17) is 12.2 Å². The molecule has 2 aromatic rings. The summed E-state index contributed by atoms with van der Waals surface area (Å²) in [6.45, 7) is 2.23. The minimum Gasteiger partial charge on any atom is -0.465 e. The maximum atomic E-state index is 12.7. The summed E-state index contributed by atoms with van der Waals surface area (Å²) in [5.74, 6) is -0.740. The number of hydrogen-bond acceptors (Lipinski definition) is 8. The van der Waals surface area contributed by atoms with E-state index in [9.17, 15) is 14.4 Å². The van der Waals surface area contributed by atoms with Gasteiger partial charge in [-0.15, -0.1) is 11.3 Å². The van der Waals surface area contributed by atoms with Gasteiger partial charge < -0.3 is 10.1 Å². The smallest absolute Gasteiger partial charge is 0.337 e. The molecule has 156 valence electrons. The number of thiocarbonyl (C=S) groups is 1. The molecule has 0 spiro atoms. The largest absolute Gasteiger partial charge is 0.465 e. The second kappa shape index (κ2) is 9.96. The first-order valence-corrected chi connectivity index (χ1v) is 11.1. The number of aromatic nitrogens is 1. The van der Waals surface area contributed by atoms with Crippen molar-refractivity contribution in [2.75, 3.05) is 19.0 Å².